The van der Waals surface area contributed by atoms with Gasteiger partial charge in [-0.15, -0.1) is 0 Å². The molecule has 2 aliphatic heterocycles. The van der Waals surface area contributed by atoms with Crippen LogP contribution in [0.15, 0.2) is 12.2 Å². The summed E-state index contributed by atoms with van der Waals surface area (Å²) in [4.78, 5) is 6.20. The van der Waals surface area contributed by atoms with Gasteiger partial charge in [-0.25, -0.2) is 0 Å². The molecule has 0 spiro atoms. The van der Waals surface area contributed by atoms with Gasteiger partial charge in [-0.05, 0) is 38.0 Å². The molecule has 0 aromatic rings. The van der Waals surface area contributed by atoms with Crippen LogP contribution >= 0.6 is 15.9 Å². The summed E-state index contributed by atoms with van der Waals surface area (Å²) in [5.74, 6) is 0.481. The number of nitrogens with two attached hydrogens (primary N) is 1. The second-order valence-corrected chi connectivity index (χ2v) is 7.12. The molecule has 3 rings (SSSR count). The Morgan fingerprint density at radius 3 is 2.75 bits per heavy atom. The van der Waals surface area contributed by atoms with Gasteiger partial charge in [0.25, 0.3) is 0 Å². The van der Waals surface area contributed by atoms with E-state index in [9.17, 15) is 0 Å². The number of epoxide rings is 1. The molecule has 6 heteroatoms. The van der Waals surface area contributed by atoms with Crippen LogP contribution in [0.5, 0.6) is 0 Å². The van der Waals surface area contributed by atoms with Crippen molar-refractivity contribution in [2.75, 3.05) is 6.61 Å². The average molecular weight is 347 g/mol. The standard InChI is InChI=1S/C14H23BrN2O3/c15-10-6-4-9(5-7-10)13(16)17-20-14-12(19-14)11-3-1-2-8-18-11/h1-2,9-14,17H,3-8,16H2. The monoisotopic (exact) mass is 346 g/mol. The molecule has 1 saturated carbocycles. The highest BCUT2D eigenvalue weighted by Gasteiger charge is 2.47. The zero-order valence-electron chi connectivity index (χ0n) is 11.5. The quantitative estimate of drug-likeness (QED) is 0.261. The molecule has 0 radical (unpaired) electrons. The fourth-order valence-corrected chi connectivity index (χ4v) is 3.45. The van der Waals surface area contributed by atoms with E-state index in [0.717, 1.165) is 19.3 Å². The maximum Gasteiger partial charge on any atom is 0.206 e. The molecule has 0 aromatic heterocycles. The Morgan fingerprint density at radius 2 is 2.05 bits per heavy atom. The van der Waals surface area contributed by atoms with Crippen molar-refractivity contribution in [3.8, 4) is 0 Å². The van der Waals surface area contributed by atoms with E-state index in [0.29, 0.717) is 17.4 Å². The van der Waals surface area contributed by atoms with Gasteiger partial charge in [0.2, 0.25) is 6.29 Å². The molecule has 1 saturated heterocycles. The van der Waals surface area contributed by atoms with Crippen LogP contribution in [0.1, 0.15) is 32.1 Å². The Labute approximate surface area is 128 Å². The molecule has 0 amide bonds. The van der Waals surface area contributed by atoms with Crippen molar-refractivity contribution in [3.05, 3.63) is 12.2 Å². The van der Waals surface area contributed by atoms with Gasteiger partial charge in [0.05, 0.1) is 18.9 Å². The largest absolute Gasteiger partial charge is 0.371 e. The molecule has 5 nitrogen and oxygen atoms in total. The van der Waals surface area contributed by atoms with Gasteiger partial charge in [-0.1, -0.05) is 28.1 Å². The Balaban J connectivity index is 1.35. The molecule has 0 bridgehead atoms. The van der Waals surface area contributed by atoms with Crippen molar-refractivity contribution in [2.24, 2.45) is 11.7 Å². The third kappa shape index (κ3) is 3.81. The lowest BCUT2D eigenvalue weighted by Gasteiger charge is -2.29. The molecule has 4 atom stereocenters. The lowest BCUT2D eigenvalue weighted by molar-refractivity contribution is -0.0544. The minimum atomic E-state index is -0.218. The van der Waals surface area contributed by atoms with Gasteiger partial charge in [-0.3, -0.25) is 4.84 Å². The van der Waals surface area contributed by atoms with Crippen LogP contribution in [0.3, 0.4) is 0 Å². The SMILES string of the molecule is NC(NOC1OC1C1CC=CCO1)C1CCC(Br)CC1. The topological polar surface area (TPSA) is 69.0 Å². The molecule has 0 aromatic carbocycles. The minimum absolute atomic E-state index is 0.0397. The minimum Gasteiger partial charge on any atom is -0.371 e. The third-order valence-electron chi connectivity index (χ3n) is 4.32. The number of halogens is 1. The number of hydrogen-bond acceptors (Lipinski definition) is 5. The number of rotatable bonds is 5. The number of alkyl halides is 1. The van der Waals surface area contributed by atoms with Crippen LogP contribution in [0.4, 0.5) is 0 Å². The molecule has 2 fully saturated rings. The lowest BCUT2D eigenvalue weighted by atomic mass is 9.87. The van der Waals surface area contributed by atoms with E-state index in [4.69, 9.17) is 20.0 Å². The van der Waals surface area contributed by atoms with Gasteiger partial charge in [0.1, 0.15) is 6.10 Å². The van der Waals surface area contributed by atoms with Gasteiger partial charge in [0.15, 0.2) is 0 Å². The summed E-state index contributed by atoms with van der Waals surface area (Å²) in [6, 6.07) is 0. The van der Waals surface area contributed by atoms with Crippen molar-refractivity contribution in [1.82, 2.24) is 5.48 Å². The number of nitrogens with one attached hydrogen (secondary N) is 1. The molecule has 114 valence electrons. The third-order valence-corrected chi connectivity index (χ3v) is 5.24. The Bertz CT molecular complexity index is 347. The van der Waals surface area contributed by atoms with E-state index in [1.54, 1.807) is 0 Å². The first kappa shape index (κ1) is 14.9. The second kappa shape index (κ2) is 6.85. The molecule has 3 N–H and O–H groups in total. The van der Waals surface area contributed by atoms with Crippen molar-refractivity contribution in [3.63, 3.8) is 0 Å². The predicted molar refractivity (Wildman–Crippen MR) is 79.0 cm³/mol. The van der Waals surface area contributed by atoms with Gasteiger partial charge < -0.3 is 15.2 Å². The lowest BCUT2D eigenvalue weighted by Crippen LogP contribution is -2.45. The van der Waals surface area contributed by atoms with Crippen LogP contribution in [0, 0.1) is 5.92 Å². The van der Waals surface area contributed by atoms with Crippen LogP contribution < -0.4 is 11.2 Å². The van der Waals surface area contributed by atoms with E-state index in [1.165, 1.54) is 12.8 Å². The highest BCUT2D eigenvalue weighted by atomic mass is 79.9. The summed E-state index contributed by atoms with van der Waals surface area (Å²) in [6.45, 7) is 0.667. The summed E-state index contributed by atoms with van der Waals surface area (Å²) >= 11 is 3.66. The molecule has 4 unspecified atom stereocenters. The molecule has 3 aliphatic rings. The maximum atomic E-state index is 6.14. The van der Waals surface area contributed by atoms with Crippen LogP contribution in [-0.2, 0) is 14.3 Å². The molecular formula is C14H23BrN2O3. The summed E-state index contributed by atoms with van der Waals surface area (Å²) in [6.07, 6.45) is 9.52. The Kier molecular flexibility index (Phi) is 5.12. The van der Waals surface area contributed by atoms with Crippen LogP contribution in [0.25, 0.3) is 0 Å². The number of hydroxylamine groups is 1. The van der Waals surface area contributed by atoms with E-state index in [2.05, 4.69) is 27.5 Å². The Morgan fingerprint density at radius 1 is 1.25 bits per heavy atom. The van der Waals surface area contributed by atoms with E-state index in [-0.39, 0.29) is 24.7 Å². The average Bonchev–Trinajstić information content (AvgIpc) is 3.26. The predicted octanol–water partition coefficient (Wildman–Crippen LogP) is 1.82. The molecular weight excluding hydrogens is 324 g/mol. The number of hydrogen-bond donors (Lipinski definition) is 2. The van der Waals surface area contributed by atoms with Crippen LogP contribution in [0.2, 0.25) is 0 Å². The zero-order chi connectivity index (χ0) is 13.9. The fraction of sp³-hybridized carbons (Fsp3) is 0.857. The van der Waals surface area contributed by atoms with Gasteiger partial charge in [0, 0.05) is 4.83 Å². The fourth-order valence-electron chi connectivity index (χ4n) is 2.92. The molecule has 2 heterocycles. The zero-order valence-corrected chi connectivity index (χ0v) is 13.1. The first-order chi connectivity index (χ1) is 9.74. The highest BCUT2D eigenvalue weighted by molar-refractivity contribution is 9.09. The van der Waals surface area contributed by atoms with Crippen molar-refractivity contribution < 1.29 is 14.3 Å². The number of ether oxygens (including phenoxy) is 2. The van der Waals surface area contributed by atoms with Crippen molar-refractivity contribution >= 4 is 15.9 Å². The van der Waals surface area contributed by atoms with Gasteiger partial charge in [-0.2, -0.15) is 5.48 Å². The van der Waals surface area contributed by atoms with E-state index in [1.807, 2.05) is 6.08 Å². The summed E-state index contributed by atoms with van der Waals surface area (Å²) in [5, 5.41) is 0. The van der Waals surface area contributed by atoms with E-state index >= 15 is 0 Å². The highest BCUT2D eigenvalue weighted by Crippen LogP contribution is 2.32. The van der Waals surface area contributed by atoms with E-state index < -0.39 is 0 Å². The van der Waals surface area contributed by atoms with Crippen molar-refractivity contribution in [2.45, 2.75) is 61.6 Å². The summed E-state index contributed by atoms with van der Waals surface area (Å²) in [5.41, 5.74) is 9.11. The molecule has 20 heavy (non-hydrogen) atoms. The first-order valence-electron chi connectivity index (χ1n) is 7.47. The van der Waals surface area contributed by atoms with Crippen molar-refractivity contribution in [1.29, 1.82) is 0 Å². The second-order valence-electron chi connectivity index (χ2n) is 5.82. The Hall–Kier alpha value is 0.0200. The summed E-state index contributed by atoms with van der Waals surface area (Å²) in [7, 11) is 0. The summed E-state index contributed by atoms with van der Waals surface area (Å²) < 4.78 is 11.1. The maximum absolute atomic E-state index is 6.14. The molecule has 1 aliphatic carbocycles. The smallest absolute Gasteiger partial charge is 0.206 e. The van der Waals surface area contributed by atoms with Gasteiger partial charge >= 0.3 is 0 Å². The van der Waals surface area contributed by atoms with Crippen LogP contribution in [-0.4, -0.2) is 36.1 Å². The normalized spacial score (nSPS) is 42.4. The first-order valence-corrected chi connectivity index (χ1v) is 8.38.